The summed E-state index contributed by atoms with van der Waals surface area (Å²) in [6.45, 7) is 0. The molecule has 2 aromatic rings. The van der Waals surface area contributed by atoms with Crippen LogP contribution in [0.3, 0.4) is 0 Å². The number of carbonyl (C=O) groups is 2. The summed E-state index contributed by atoms with van der Waals surface area (Å²) in [6.07, 6.45) is 3.00. The summed E-state index contributed by atoms with van der Waals surface area (Å²) in [7, 11) is 0. The summed E-state index contributed by atoms with van der Waals surface area (Å²) < 4.78 is 0. The molecular weight excluding hydrogens is 284 g/mol. The van der Waals surface area contributed by atoms with Crippen molar-refractivity contribution < 1.29 is 19.8 Å². The minimum atomic E-state index is -1.15. The van der Waals surface area contributed by atoms with Crippen LogP contribution in [0, 0.1) is 0 Å². The molecule has 6 N–H and O–H groups in total. The first-order chi connectivity index (χ1) is 10.4. The molecule has 0 aromatic heterocycles. The van der Waals surface area contributed by atoms with Gasteiger partial charge in [0.2, 0.25) is 0 Å². The maximum atomic E-state index is 11.3. The maximum Gasteiger partial charge on any atom is 0.338 e. The molecule has 0 aliphatic heterocycles. The zero-order chi connectivity index (χ0) is 16.3. The summed E-state index contributed by atoms with van der Waals surface area (Å²) >= 11 is 0. The summed E-state index contributed by atoms with van der Waals surface area (Å²) in [5.74, 6) is -2.30. The Kier molecular flexibility index (Phi) is 4.13. The van der Waals surface area contributed by atoms with Gasteiger partial charge in [0.1, 0.15) is 0 Å². The van der Waals surface area contributed by atoms with Gasteiger partial charge in [0.15, 0.2) is 0 Å². The van der Waals surface area contributed by atoms with Gasteiger partial charge in [0, 0.05) is 11.4 Å². The number of nitrogens with two attached hydrogens (primary N) is 2. The number of carboxylic acid groups (broad SMARTS) is 2. The molecule has 6 nitrogen and oxygen atoms in total. The molecule has 0 spiro atoms. The summed E-state index contributed by atoms with van der Waals surface area (Å²) in [5, 5.41) is 18.4. The van der Waals surface area contributed by atoms with E-state index in [-0.39, 0.29) is 22.5 Å². The molecule has 0 saturated carbocycles. The fraction of sp³-hybridized carbons (Fsp3) is 0. The van der Waals surface area contributed by atoms with Crippen molar-refractivity contribution in [1.82, 2.24) is 0 Å². The van der Waals surface area contributed by atoms with Crippen LogP contribution >= 0.6 is 0 Å². The maximum absolute atomic E-state index is 11.3. The SMILES string of the molecule is Nc1cccc(/C=C/c2cccc(N)c2C(=O)O)c1C(=O)O. The molecule has 0 saturated heterocycles. The number of rotatable bonds is 4. The van der Waals surface area contributed by atoms with Crippen LogP contribution in [0.2, 0.25) is 0 Å². The minimum absolute atomic E-state index is 0.0282. The molecule has 0 atom stereocenters. The molecule has 22 heavy (non-hydrogen) atoms. The van der Waals surface area contributed by atoms with Crippen LogP contribution in [0.1, 0.15) is 31.8 Å². The molecule has 0 bridgehead atoms. The fourth-order valence-electron chi connectivity index (χ4n) is 2.13. The van der Waals surface area contributed by atoms with Gasteiger partial charge in [-0.25, -0.2) is 9.59 Å². The first-order valence-corrected chi connectivity index (χ1v) is 6.33. The predicted octanol–water partition coefficient (Wildman–Crippen LogP) is 2.42. The molecule has 0 radical (unpaired) electrons. The van der Waals surface area contributed by atoms with E-state index in [0.29, 0.717) is 11.1 Å². The van der Waals surface area contributed by atoms with Crippen molar-refractivity contribution in [1.29, 1.82) is 0 Å². The Balaban J connectivity index is 2.51. The van der Waals surface area contributed by atoms with Gasteiger partial charge in [0.25, 0.3) is 0 Å². The number of nitrogen functional groups attached to an aromatic ring is 2. The van der Waals surface area contributed by atoms with Crippen molar-refractivity contribution in [3.63, 3.8) is 0 Å². The molecule has 0 heterocycles. The van der Waals surface area contributed by atoms with Gasteiger partial charge in [-0.15, -0.1) is 0 Å². The molecule has 2 rings (SSSR count). The standard InChI is InChI=1S/C16H14N2O4/c17-11-5-1-3-9(13(11)15(19)20)7-8-10-4-2-6-12(18)14(10)16(21)22/h1-8H,17-18H2,(H,19,20)(H,21,22)/b8-7+. The molecule has 0 amide bonds. The summed E-state index contributed by atoms with van der Waals surface area (Å²) in [4.78, 5) is 22.5. The Hall–Kier alpha value is -3.28. The third kappa shape index (κ3) is 2.90. The highest BCUT2D eigenvalue weighted by molar-refractivity contribution is 6.01. The lowest BCUT2D eigenvalue weighted by Gasteiger charge is -2.06. The number of anilines is 2. The van der Waals surface area contributed by atoms with E-state index in [2.05, 4.69) is 0 Å². The molecule has 2 aromatic carbocycles. The van der Waals surface area contributed by atoms with Crippen LogP contribution in [0.4, 0.5) is 11.4 Å². The zero-order valence-corrected chi connectivity index (χ0v) is 11.5. The Morgan fingerprint density at radius 3 is 1.45 bits per heavy atom. The number of hydrogen-bond acceptors (Lipinski definition) is 4. The lowest BCUT2D eigenvalue weighted by atomic mass is 10.0. The number of aromatic carboxylic acids is 2. The number of hydrogen-bond donors (Lipinski definition) is 4. The van der Waals surface area contributed by atoms with Crippen molar-refractivity contribution in [3.05, 3.63) is 58.7 Å². The Morgan fingerprint density at radius 2 is 1.14 bits per heavy atom. The van der Waals surface area contributed by atoms with E-state index in [1.807, 2.05) is 0 Å². The number of carboxylic acids is 2. The van der Waals surface area contributed by atoms with E-state index in [9.17, 15) is 19.8 Å². The lowest BCUT2D eigenvalue weighted by Crippen LogP contribution is -2.05. The smallest absolute Gasteiger partial charge is 0.338 e. The molecule has 0 fully saturated rings. The highest BCUT2D eigenvalue weighted by Gasteiger charge is 2.13. The zero-order valence-electron chi connectivity index (χ0n) is 11.5. The average Bonchev–Trinajstić information content (AvgIpc) is 2.44. The van der Waals surface area contributed by atoms with E-state index >= 15 is 0 Å². The lowest BCUT2D eigenvalue weighted by molar-refractivity contribution is 0.0686. The van der Waals surface area contributed by atoms with Crippen LogP contribution < -0.4 is 11.5 Å². The van der Waals surface area contributed by atoms with Crippen molar-refractivity contribution in [2.75, 3.05) is 11.5 Å². The second-order valence-corrected chi connectivity index (χ2v) is 4.57. The Bertz CT molecular complexity index is 716. The molecule has 112 valence electrons. The van der Waals surface area contributed by atoms with Gasteiger partial charge < -0.3 is 21.7 Å². The van der Waals surface area contributed by atoms with Crippen LogP contribution in [0.5, 0.6) is 0 Å². The highest BCUT2D eigenvalue weighted by Crippen LogP contribution is 2.22. The monoisotopic (exact) mass is 298 g/mol. The first kappa shape index (κ1) is 15.1. The van der Waals surface area contributed by atoms with E-state index in [1.165, 1.54) is 24.3 Å². The largest absolute Gasteiger partial charge is 0.478 e. The van der Waals surface area contributed by atoms with Crippen molar-refractivity contribution >= 4 is 35.5 Å². The third-order valence-corrected chi connectivity index (χ3v) is 3.13. The van der Waals surface area contributed by atoms with Crippen molar-refractivity contribution in [3.8, 4) is 0 Å². The second kappa shape index (κ2) is 6.01. The highest BCUT2D eigenvalue weighted by atomic mass is 16.4. The van der Waals surface area contributed by atoms with Gasteiger partial charge in [-0.1, -0.05) is 36.4 Å². The van der Waals surface area contributed by atoms with Gasteiger partial charge >= 0.3 is 11.9 Å². The molecular formula is C16H14N2O4. The van der Waals surface area contributed by atoms with Crippen molar-refractivity contribution in [2.45, 2.75) is 0 Å². The summed E-state index contributed by atoms with van der Waals surface area (Å²) in [6, 6.07) is 9.40. The van der Waals surface area contributed by atoms with Crippen LogP contribution in [-0.2, 0) is 0 Å². The minimum Gasteiger partial charge on any atom is -0.478 e. The Morgan fingerprint density at radius 1 is 0.773 bits per heavy atom. The molecule has 0 aliphatic rings. The van der Waals surface area contributed by atoms with E-state index in [0.717, 1.165) is 0 Å². The van der Waals surface area contributed by atoms with Crippen molar-refractivity contribution in [2.24, 2.45) is 0 Å². The van der Waals surface area contributed by atoms with Gasteiger partial charge in [0.05, 0.1) is 11.1 Å². The van der Waals surface area contributed by atoms with Gasteiger partial charge in [-0.2, -0.15) is 0 Å². The third-order valence-electron chi connectivity index (χ3n) is 3.13. The normalized spacial score (nSPS) is 10.7. The second-order valence-electron chi connectivity index (χ2n) is 4.57. The predicted molar refractivity (Wildman–Crippen MR) is 84.6 cm³/mol. The number of benzene rings is 2. The topological polar surface area (TPSA) is 127 Å². The quantitative estimate of drug-likeness (QED) is 0.507. The average molecular weight is 298 g/mol. The van der Waals surface area contributed by atoms with Gasteiger partial charge in [-0.3, -0.25) is 0 Å². The van der Waals surface area contributed by atoms with E-state index in [4.69, 9.17) is 11.5 Å². The first-order valence-electron chi connectivity index (χ1n) is 6.33. The molecule has 0 aliphatic carbocycles. The van der Waals surface area contributed by atoms with Gasteiger partial charge in [-0.05, 0) is 23.3 Å². The van der Waals surface area contributed by atoms with E-state index < -0.39 is 11.9 Å². The fourth-order valence-corrected chi connectivity index (χ4v) is 2.13. The van der Waals surface area contributed by atoms with Crippen LogP contribution in [0.15, 0.2) is 36.4 Å². The van der Waals surface area contributed by atoms with Crippen LogP contribution in [0.25, 0.3) is 12.2 Å². The summed E-state index contributed by atoms with van der Waals surface area (Å²) in [5.41, 5.74) is 12.3. The van der Waals surface area contributed by atoms with E-state index in [1.54, 1.807) is 24.3 Å². The molecule has 6 heteroatoms. The molecule has 0 unspecified atom stereocenters. The Labute approximate surface area is 126 Å². The van der Waals surface area contributed by atoms with Crippen LogP contribution in [-0.4, -0.2) is 22.2 Å².